The lowest BCUT2D eigenvalue weighted by Gasteiger charge is -2.25. The molecule has 170 valence electrons. The number of hydrogen-bond acceptors (Lipinski definition) is 4. The van der Waals surface area contributed by atoms with E-state index in [2.05, 4.69) is 10.6 Å². The van der Waals surface area contributed by atoms with E-state index in [0.29, 0.717) is 17.0 Å². The highest BCUT2D eigenvalue weighted by Crippen LogP contribution is 2.34. The summed E-state index contributed by atoms with van der Waals surface area (Å²) >= 11 is 0. The van der Waals surface area contributed by atoms with Gasteiger partial charge in [-0.05, 0) is 47.2 Å². The molecule has 1 aliphatic rings. The Bertz CT molecular complexity index is 1050. The summed E-state index contributed by atoms with van der Waals surface area (Å²) in [7, 11) is 1.50. The van der Waals surface area contributed by atoms with Crippen LogP contribution in [-0.2, 0) is 20.5 Å². The predicted octanol–water partition coefficient (Wildman–Crippen LogP) is 3.93. The summed E-state index contributed by atoms with van der Waals surface area (Å²) in [6.45, 7) is 7.43. The average molecular weight is 442 g/mol. The van der Waals surface area contributed by atoms with E-state index in [9.17, 15) is 18.8 Å². The molecule has 1 fully saturated rings. The van der Waals surface area contributed by atoms with E-state index in [1.54, 1.807) is 13.0 Å². The van der Waals surface area contributed by atoms with Crippen molar-refractivity contribution in [1.82, 2.24) is 10.2 Å². The minimum absolute atomic E-state index is 0.146. The largest absolute Gasteiger partial charge is 0.495 e. The zero-order valence-corrected chi connectivity index (χ0v) is 18.9. The van der Waals surface area contributed by atoms with E-state index in [1.807, 2.05) is 32.9 Å². The van der Waals surface area contributed by atoms with Crippen LogP contribution >= 0.6 is 0 Å². The SMILES string of the molecule is CCC1(c2ccc(F)cc2)NC(=O)N(CC(=O)Nc2cc(C(C)(C)C)ccc2OC)C1=O. The minimum Gasteiger partial charge on any atom is -0.495 e. The molecular weight excluding hydrogens is 413 g/mol. The molecule has 0 radical (unpaired) electrons. The van der Waals surface area contributed by atoms with Crippen molar-refractivity contribution in [3.63, 3.8) is 0 Å². The van der Waals surface area contributed by atoms with Crippen molar-refractivity contribution in [2.24, 2.45) is 0 Å². The van der Waals surface area contributed by atoms with Gasteiger partial charge in [-0.15, -0.1) is 0 Å². The predicted molar refractivity (Wildman–Crippen MR) is 119 cm³/mol. The number of imide groups is 1. The quantitative estimate of drug-likeness (QED) is 0.665. The fourth-order valence-electron chi connectivity index (χ4n) is 3.75. The molecule has 32 heavy (non-hydrogen) atoms. The Balaban J connectivity index is 1.82. The third-order valence-electron chi connectivity index (χ3n) is 5.68. The minimum atomic E-state index is -1.34. The summed E-state index contributed by atoms with van der Waals surface area (Å²) in [6.07, 6.45) is 0.253. The summed E-state index contributed by atoms with van der Waals surface area (Å²) in [6, 6.07) is 10.2. The van der Waals surface area contributed by atoms with Crippen molar-refractivity contribution < 1.29 is 23.5 Å². The van der Waals surface area contributed by atoms with E-state index in [4.69, 9.17) is 4.74 Å². The highest BCUT2D eigenvalue weighted by molar-refractivity contribution is 6.10. The van der Waals surface area contributed by atoms with Crippen LogP contribution in [0.1, 0.15) is 45.2 Å². The van der Waals surface area contributed by atoms with Gasteiger partial charge >= 0.3 is 6.03 Å². The number of ether oxygens (including phenoxy) is 1. The number of benzene rings is 2. The van der Waals surface area contributed by atoms with Crippen LogP contribution in [0.5, 0.6) is 5.75 Å². The highest BCUT2D eigenvalue weighted by Gasteiger charge is 2.51. The first-order valence-electron chi connectivity index (χ1n) is 10.4. The summed E-state index contributed by atoms with van der Waals surface area (Å²) < 4.78 is 18.7. The van der Waals surface area contributed by atoms with Crippen LogP contribution in [0.4, 0.5) is 14.9 Å². The van der Waals surface area contributed by atoms with Crippen LogP contribution in [0.25, 0.3) is 0 Å². The molecule has 1 saturated heterocycles. The van der Waals surface area contributed by atoms with Crippen molar-refractivity contribution in [2.45, 2.75) is 45.1 Å². The van der Waals surface area contributed by atoms with Crippen LogP contribution in [0.2, 0.25) is 0 Å². The summed E-state index contributed by atoms with van der Waals surface area (Å²) in [4.78, 5) is 39.5. The highest BCUT2D eigenvalue weighted by atomic mass is 19.1. The average Bonchev–Trinajstić information content (AvgIpc) is 2.98. The number of urea groups is 1. The Labute approximate surface area is 186 Å². The van der Waals surface area contributed by atoms with Gasteiger partial charge in [-0.3, -0.25) is 14.5 Å². The van der Waals surface area contributed by atoms with E-state index < -0.39 is 35.7 Å². The maximum Gasteiger partial charge on any atom is 0.325 e. The smallest absolute Gasteiger partial charge is 0.325 e. The lowest BCUT2D eigenvalue weighted by Crippen LogP contribution is -2.44. The second kappa shape index (κ2) is 8.61. The maximum atomic E-state index is 13.3. The molecule has 1 atom stereocenters. The molecule has 0 saturated carbocycles. The number of methoxy groups -OCH3 is 1. The second-order valence-corrected chi connectivity index (χ2v) is 8.80. The van der Waals surface area contributed by atoms with Crippen LogP contribution in [0.15, 0.2) is 42.5 Å². The molecule has 8 heteroatoms. The number of halogens is 1. The molecule has 2 N–H and O–H groups in total. The number of nitrogens with one attached hydrogen (secondary N) is 2. The van der Waals surface area contributed by atoms with Crippen molar-refractivity contribution >= 4 is 23.5 Å². The van der Waals surface area contributed by atoms with Crippen molar-refractivity contribution in [2.75, 3.05) is 19.0 Å². The van der Waals surface area contributed by atoms with E-state index >= 15 is 0 Å². The van der Waals surface area contributed by atoms with Crippen LogP contribution in [-0.4, -0.2) is 36.4 Å². The first-order chi connectivity index (χ1) is 15.0. The lowest BCUT2D eigenvalue weighted by atomic mass is 9.87. The third kappa shape index (κ3) is 4.30. The number of amides is 4. The molecule has 0 aromatic heterocycles. The zero-order chi connectivity index (χ0) is 23.7. The number of hydrogen-bond donors (Lipinski definition) is 2. The molecule has 3 rings (SSSR count). The molecule has 2 aromatic carbocycles. The van der Waals surface area contributed by atoms with Gasteiger partial charge in [0.15, 0.2) is 0 Å². The molecule has 1 unspecified atom stereocenters. The molecule has 2 aromatic rings. The summed E-state index contributed by atoms with van der Waals surface area (Å²) in [5.41, 5.74) is 0.422. The van der Waals surface area contributed by atoms with Gasteiger partial charge in [0.25, 0.3) is 5.91 Å². The van der Waals surface area contributed by atoms with Gasteiger partial charge in [-0.25, -0.2) is 9.18 Å². The van der Waals surface area contributed by atoms with Crippen molar-refractivity contribution in [1.29, 1.82) is 0 Å². The number of anilines is 1. The first kappa shape index (κ1) is 23.2. The van der Waals surface area contributed by atoms with Gasteiger partial charge in [-0.1, -0.05) is 45.9 Å². The van der Waals surface area contributed by atoms with Gasteiger partial charge in [0.2, 0.25) is 5.91 Å². The van der Waals surface area contributed by atoms with E-state index in [1.165, 1.54) is 31.4 Å². The molecule has 1 heterocycles. The molecular formula is C24H28FN3O4. The van der Waals surface area contributed by atoms with Gasteiger partial charge in [0, 0.05) is 0 Å². The third-order valence-corrected chi connectivity index (χ3v) is 5.68. The maximum absolute atomic E-state index is 13.3. The van der Waals surface area contributed by atoms with Crippen molar-refractivity contribution in [3.05, 3.63) is 59.4 Å². The van der Waals surface area contributed by atoms with Gasteiger partial charge in [0.1, 0.15) is 23.7 Å². The van der Waals surface area contributed by atoms with Crippen molar-refractivity contribution in [3.8, 4) is 5.75 Å². The van der Waals surface area contributed by atoms with Gasteiger partial charge < -0.3 is 15.4 Å². The number of carbonyl (C=O) groups is 3. The molecule has 4 amide bonds. The van der Waals surface area contributed by atoms with Crippen LogP contribution in [0.3, 0.4) is 0 Å². The Morgan fingerprint density at radius 3 is 2.38 bits per heavy atom. The van der Waals surface area contributed by atoms with E-state index in [-0.39, 0.29) is 11.8 Å². The monoisotopic (exact) mass is 441 g/mol. The summed E-state index contributed by atoms with van der Waals surface area (Å²) in [5.74, 6) is -1.07. The molecule has 1 aliphatic heterocycles. The van der Waals surface area contributed by atoms with Crippen LogP contribution in [0, 0.1) is 5.82 Å². The van der Waals surface area contributed by atoms with Crippen LogP contribution < -0.4 is 15.4 Å². The van der Waals surface area contributed by atoms with Gasteiger partial charge in [0.05, 0.1) is 12.8 Å². The molecule has 0 aliphatic carbocycles. The lowest BCUT2D eigenvalue weighted by molar-refractivity contribution is -0.134. The fourth-order valence-corrected chi connectivity index (χ4v) is 3.75. The zero-order valence-electron chi connectivity index (χ0n) is 18.9. The topological polar surface area (TPSA) is 87.7 Å². The Morgan fingerprint density at radius 1 is 1.16 bits per heavy atom. The number of carbonyl (C=O) groups excluding carboxylic acids is 3. The number of nitrogens with zero attached hydrogens (tertiary/aromatic N) is 1. The Kier molecular flexibility index (Phi) is 6.25. The molecule has 0 bridgehead atoms. The normalized spacial score (nSPS) is 18.5. The molecule has 7 nitrogen and oxygen atoms in total. The first-order valence-corrected chi connectivity index (χ1v) is 10.4. The Morgan fingerprint density at radius 2 is 1.81 bits per heavy atom. The molecule has 0 spiro atoms. The fraction of sp³-hybridized carbons (Fsp3) is 0.375. The number of rotatable bonds is 6. The second-order valence-electron chi connectivity index (χ2n) is 8.80. The Hall–Kier alpha value is -3.42. The van der Waals surface area contributed by atoms with E-state index in [0.717, 1.165) is 10.5 Å². The standard InChI is InChI=1S/C24H28FN3O4/c1-6-24(15-7-10-17(25)11-8-15)21(30)28(22(31)27-24)14-20(29)26-18-13-16(23(2,3)4)9-12-19(18)32-5/h7-13H,6,14H2,1-5H3,(H,26,29)(H,27,31). The summed E-state index contributed by atoms with van der Waals surface area (Å²) in [5, 5.41) is 5.43. The van der Waals surface area contributed by atoms with Gasteiger partial charge in [-0.2, -0.15) is 0 Å².